The molecule has 98 valence electrons. The maximum atomic E-state index is 13.3. The van der Waals surface area contributed by atoms with Crippen LogP contribution in [0.25, 0.3) is 0 Å². The summed E-state index contributed by atoms with van der Waals surface area (Å²) in [4.78, 5) is 12.4. The molecule has 0 unspecified atom stereocenters. The van der Waals surface area contributed by atoms with E-state index in [1.165, 1.54) is 19.2 Å². The Morgan fingerprint density at radius 2 is 2.05 bits per heavy atom. The second-order valence-electron chi connectivity index (χ2n) is 4.00. The van der Waals surface area contributed by atoms with Crippen LogP contribution in [0, 0.1) is 5.82 Å². The summed E-state index contributed by atoms with van der Waals surface area (Å²) < 4.78 is 18.4. The third kappa shape index (κ3) is 3.01. The van der Waals surface area contributed by atoms with Crippen molar-refractivity contribution >= 4 is 21.7 Å². The molecule has 19 heavy (non-hydrogen) atoms. The fourth-order valence-corrected chi connectivity index (χ4v) is 2.29. The number of carbonyl (C=O) groups is 1. The van der Waals surface area contributed by atoms with E-state index in [0.717, 1.165) is 5.56 Å². The predicted molar refractivity (Wildman–Crippen MR) is 75.5 cm³/mol. The lowest BCUT2D eigenvalue weighted by molar-refractivity contribution is 0.103. The molecular weight excluding hydrogens is 311 g/mol. The molecule has 4 heteroatoms. The van der Waals surface area contributed by atoms with Crippen LogP contribution in [0.2, 0.25) is 0 Å². The van der Waals surface area contributed by atoms with E-state index in [2.05, 4.69) is 15.9 Å². The molecule has 2 rings (SSSR count). The molecule has 0 radical (unpaired) electrons. The molecule has 2 aromatic carbocycles. The molecule has 0 heterocycles. The topological polar surface area (TPSA) is 26.3 Å². The quantitative estimate of drug-likeness (QED) is 0.629. The molecule has 0 aliphatic carbocycles. The Hall–Kier alpha value is -1.68. The molecule has 0 atom stereocenters. The van der Waals surface area contributed by atoms with Gasteiger partial charge in [0.25, 0.3) is 0 Å². The van der Waals surface area contributed by atoms with Gasteiger partial charge in [-0.15, -0.1) is 0 Å². The van der Waals surface area contributed by atoms with Gasteiger partial charge in [-0.05, 0) is 29.8 Å². The van der Waals surface area contributed by atoms with Gasteiger partial charge in [0.05, 0.1) is 7.11 Å². The number of rotatable bonds is 4. The van der Waals surface area contributed by atoms with E-state index in [1.54, 1.807) is 30.3 Å². The number of halogens is 2. The van der Waals surface area contributed by atoms with Gasteiger partial charge in [-0.25, -0.2) is 4.39 Å². The van der Waals surface area contributed by atoms with Crippen molar-refractivity contribution in [1.82, 2.24) is 0 Å². The van der Waals surface area contributed by atoms with E-state index in [0.29, 0.717) is 22.2 Å². The number of methoxy groups -OCH3 is 1. The molecule has 2 aromatic rings. The second kappa shape index (κ2) is 5.97. The SMILES string of the molecule is COc1cccc(C(=O)c2cc(F)ccc2CBr)c1. The van der Waals surface area contributed by atoms with Crippen molar-refractivity contribution in [3.63, 3.8) is 0 Å². The lowest BCUT2D eigenvalue weighted by atomic mass is 9.99. The number of alkyl halides is 1. The molecule has 0 saturated carbocycles. The van der Waals surface area contributed by atoms with E-state index < -0.39 is 5.82 Å². The van der Waals surface area contributed by atoms with Crippen molar-refractivity contribution < 1.29 is 13.9 Å². The van der Waals surface area contributed by atoms with Gasteiger partial charge >= 0.3 is 0 Å². The van der Waals surface area contributed by atoms with Gasteiger partial charge in [0.1, 0.15) is 11.6 Å². The summed E-state index contributed by atoms with van der Waals surface area (Å²) in [5, 5.41) is 0.498. The van der Waals surface area contributed by atoms with E-state index in [4.69, 9.17) is 4.74 Å². The Morgan fingerprint density at radius 1 is 1.26 bits per heavy atom. The van der Waals surface area contributed by atoms with Crippen molar-refractivity contribution in [1.29, 1.82) is 0 Å². The van der Waals surface area contributed by atoms with E-state index in [9.17, 15) is 9.18 Å². The molecule has 0 aromatic heterocycles. The molecule has 0 aliphatic heterocycles. The van der Waals surface area contributed by atoms with Crippen LogP contribution in [-0.2, 0) is 5.33 Å². The number of carbonyl (C=O) groups excluding carboxylic acids is 1. The van der Waals surface area contributed by atoms with Crippen LogP contribution in [0.1, 0.15) is 21.5 Å². The summed E-state index contributed by atoms with van der Waals surface area (Å²) in [6.45, 7) is 0. The number of hydrogen-bond donors (Lipinski definition) is 0. The highest BCUT2D eigenvalue weighted by molar-refractivity contribution is 9.08. The van der Waals surface area contributed by atoms with Crippen LogP contribution < -0.4 is 4.74 Å². The van der Waals surface area contributed by atoms with Crippen molar-refractivity contribution in [2.45, 2.75) is 5.33 Å². The van der Waals surface area contributed by atoms with Gasteiger partial charge in [0.15, 0.2) is 5.78 Å². The monoisotopic (exact) mass is 322 g/mol. The summed E-state index contributed by atoms with van der Waals surface area (Å²) in [7, 11) is 1.54. The van der Waals surface area contributed by atoms with E-state index >= 15 is 0 Å². The zero-order valence-electron chi connectivity index (χ0n) is 10.3. The summed E-state index contributed by atoms with van der Waals surface area (Å²) in [5.74, 6) is -0.0357. The zero-order valence-corrected chi connectivity index (χ0v) is 11.9. The highest BCUT2D eigenvalue weighted by Gasteiger charge is 2.14. The van der Waals surface area contributed by atoms with Gasteiger partial charge in [-0.1, -0.05) is 34.1 Å². The second-order valence-corrected chi connectivity index (χ2v) is 4.56. The molecular formula is C15H12BrFO2. The Labute approximate surface area is 119 Å². The Kier molecular flexibility index (Phi) is 4.32. The lowest BCUT2D eigenvalue weighted by Gasteiger charge is -2.08. The fraction of sp³-hybridized carbons (Fsp3) is 0.133. The van der Waals surface area contributed by atoms with Gasteiger partial charge in [-0.3, -0.25) is 4.79 Å². The minimum absolute atomic E-state index is 0.215. The van der Waals surface area contributed by atoms with Crippen molar-refractivity contribution in [2.75, 3.05) is 7.11 Å². The standard InChI is InChI=1S/C15H12BrFO2/c1-19-13-4-2-3-10(7-13)15(18)14-8-12(17)6-5-11(14)9-16/h2-8H,9H2,1H3. The van der Waals surface area contributed by atoms with Gasteiger partial charge in [0.2, 0.25) is 0 Å². The maximum absolute atomic E-state index is 13.3. The highest BCUT2D eigenvalue weighted by atomic mass is 79.9. The number of benzene rings is 2. The van der Waals surface area contributed by atoms with Gasteiger partial charge < -0.3 is 4.74 Å². The van der Waals surface area contributed by atoms with Crippen molar-refractivity contribution in [3.8, 4) is 5.75 Å². The van der Waals surface area contributed by atoms with Gasteiger partial charge in [0, 0.05) is 16.5 Å². The molecule has 2 nitrogen and oxygen atoms in total. The first-order valence-corrected chi connectivity index (χ1v) is 6.81. The minimum atomic E-state index is -0.420. The van der Waals surface area contributed by atoms with Gasteiger partial charge in [-0.2, -0.15) is 0 Å². The van der Waals surface area contributed by atoms with Crippen LogP contribution in [0.4, 0.5) is 4.39 Å². The summed E-state index contributed by atoms with van der Waals surface area (Å²) in [5.41, 5.74) is 1.60. The molecule has 0 N–H and O–H groups in total. The Morgan fingerprint density at radius 3 is 2.74 bits per heavy atom. The maximum Gasteiger partial charge on any atom is 0.193 e. The van der Waals surface area contributed by atoms with Crippen LogP contribution in [0.3, 0.4) is 0 Å². The lowest BCUT2D eigenvalue weighted by Crippen LogP contribution is -2.05. The zero-order chi connectivity index (χ0) is 13.8. The summed E-state index contributed by atoms with van der Waals surface area (Å²) in [6, 6.07) is 11.0. The highest BCUT2D eigenvalue weighted by Crippen LogP contribution is 2.21. The summed E-state index contributed by atoms with van der Waals surface area (Å²) >= 11 is 3.30. The Balaban J connectivity index is 2.46. The van der Waals surface area contributed by atoms with Crippen LogP contribution in [0.5, 0.6) is 5.75 Å². The average Bonchev–Trinajstić information content (AvgIpc) is 2.46. The average molecular weight is 323 g/mol. The predicted octanol–water partition coefficient (Wildman–Crippen LogP) is 3.96. The molecule has 0 bridgehead atoms. The third-order valence-electron chi connectivity index (χ3n) is 2.79. The van der Waals surface area contributed by atoms with Crippen LogP contribution in [0.15, 0.2) is 42.5 Å². The first kappa shape index (κ1) is 13.7. The largest absolute Gasteiger partial charge is 0.497 e. The minimum Gasteiger partial charge on any atom is -0.497 e. The first-order chi connectivity index (χ1) is 9.15. The van der Waals surface area contributed by atoms with E-state index in [-0.39, 0.29) is 5.78 Å². The molecule has 0 fully saturated rings. The first-order valence-electron chi connectivity index (χ1n) is 5.69. The number of ketones is 1. The van der Waals surface area contributed by atoms with Crippen molar-refractivity contribution in [2.24, 2.45) is 0 Å². The smallest absolute Gasteiger partial charge is 0.193 e. The van der Waals surface area contributed by atoms with Crippen molar-refractivity contribution in [3.05, 3.63) is 65.0 Å². The number of hydrogen-bond acceptors (Lipinski definition) is 2. The fourth-order valence-electron chi connectivity index (χ4n) is 1.80. The molecule has 0 saturated heterocycles. The summed E-state index contributed by atoms with van der Waals surface area (Å²) in [6.07, 6.45) is 0. The number of ether oxygens (including phenoxy) is 1. The molecule has 0 amide bonds. The molecule has 0 aliphatic rings. The van der Waals surface area contributed by atoms with E-state index in [1.807, 2.05) is 0 Å². The third-order valence-corrected chi connectivity index (χ3v) is 3.40. The normalized spacial score (nSPS) is 10.3. The Bertz CT molecular complexity index is 611. The molecule has 0 spiro atoms. The van der Waals surface area contributed by atoms with Crippen LogP contribution in [-0.4, -0.2) is 12.9 Å². The van der Waals surface area contributed by atoms with Crippen LogP contribution >= 0.6 is 15.9 Å².